The van der Waals surface area contributed by atoms with Gasteiger partial charge in [-0.15, -0.1) is 0 Å². The number of nitrogens with two attached hydrogens (primary N) is 1. The van der Waals surface area contributed by atoms with E-state index in [1.807, 2.05) is 0 Å². The quantitative estimate of drug-likeness (QED) is 0.289. The molecule has 0 radical (unpaired) electrons. The predicted octanol–water partition coefficient (Wildman–Crippen LogP) is 0.234. The van der Waals surface area contributed by atoms with Gasteiger partial charge in [-0.25, -0.2) is 0 Å². The Labute approximate surface area is 84.5 Å². The summed E-state index contributed by atoms with van der Waals surface area (Å²) in [5, 5.41) is 11.3. The Bertz CT molecular complexity index is 196. The van der Waals surface area contributed by atoms with E-state index in [4.69, 9.17) is 15.7 Å². The summed E-state index contributed by atoms with van der Waals surface area (Å²) in [4.78, 5) is 2.35. The number of ether oxygens (including phenoxy) is 1. The third-order valence-corrected chi connectivity index (χ3v) is 2.60. The van der Waals surface area contributed by atoms with Crippen LogP contribution in [0.5, 0.6) is 0 Å². The topological polar surface area (TPSA) is 71.1 Å². The highest BCUT2D eigenvalue weighted by Gasteiger charge is 2.21. The van der Waals surface area contributed by atoms with Crippen LogP contribution in [0, 0.1) is 0 Å². The summed E-state index contributed by atoms with van der Waals surface area (Å²) in [7, 11) is 1.75. The number of amidine groups is 1. The van der Waals surface area contributed by atoms with Crippen LogP contribution in [0.25, 0.3) is 0 Å². The van der Waals surface area contributed by atoms with Gasteiger partial charge in [0, 0.05) is 26.6 Å². The molecule has 1 rings (SSSR count). The van der Waals surface area contributed by atoms with Crippen LogP contribution in [-0.4, -0.2) is 48.8 Å². The highest BCUT2D eigenvalue weighted by molar-refractivity contribution is 5.79. The van der Waals surface area contributed by atoms with Gasteiger partial charge in [0.15, 0.2) is 0 Å². The van der Waals surface area contributed by atoms with Gasteiger partial charge in [-0.2, -0.15) is 0 Å². The standard InChI is InChI=1S/C9H19N3O2/c1-14-8-4-6-12(7-8)5-2-3-9(10)11-13/h8,13H,2-7H2,1H3,(H2,10,11). The van der Waals surface area contributed by atoms with Gasteiger partial charge in [-0.3, -0.25) is 0 Å². The predicted molar refractivity (Wildman–Crippen MR) is 54.5 cm³/mol. The lowest BCUT2D eigenvalue weighted by molar-refractivity contribution is 0.108. The summed E-state index contributed by atoms with van der Waals surface area (Å²) < 4.78 is 5.26. The fourth-order valence-electron chi connectivity index (χ4n) is 1.73. The Morgan fingerprint density at radius 3 is 3.07 bits per heavy atom. The van der Waals surface area contributed by atoms with E-state index in [2.05, 4.69) is 10.1 Å². The molecule has 1 unspecified atom stereocenters. The normalized spacial score (nSPS) is 24.4. The molecule has 5 nitrogen and oxygen atoms in total. The molecule has 1 aliphatic heterocycles. The highest BCUT2D eigenvalue weighted by Crippen LogP contribution is 2.12. The molecular formula is C9H19N3O2. The molecule has 1 atom stereocenters. The van der Waals surface area contributed by atoms with Crippen LogP contribution in [0.4, 0.5) is 0 Å². The second kappa shape index (κ2) is 5.82. The van der Waals surface area contributed by atoms with Gasteiger partial charge in [0.2, 0.25) is 0 Å². The van der Waals surface area contributed by atoms with Crippen molar-refractivity contribution in [2.24, 2.45) is 10.9 Å². The minimum Gasteiger partial charge on any atom is -0.409 e. The van der Waals surface area contributed by atoms with Crippen LogP contribution in [-0.2, 0) is 4.74 Å². The first-order chi connectivity index (χ1) is 6.76. The maximum Gasteiger partial charge on any atom is 0.139 e. The molecule has 1 heterocycles. The van der Waals surface area contributed by atoms with Gasteiger partial charge < -0.3 is 20.6 Å². The molecule has 0 aliphatic carbocycles. The number of hydrogen-bond donors (Lipinski definition) is 2. The van der Waals surface area contributed by atoms with Gasteiger partial charge in [-0.1, -0.05) is 5.16 Å². The van der Waals surface area contributed by atoms with Crippen molar-refractivity contribution in [1.29, 1.82) is 0 Å². The van der Waals surface area contributed by atoms with E-state index >= 15 is 0 Å². The van der Waals surface area contributed by atoms with Crippen molar-refractivity contribution in [3.05, 3.63) is 0 Å². The third-order valence-electron chi connectivity index (χ3n) is 2.60. The van der Waals surface area contributed by atoms with Crippen molar-refractivity contribution in [3.63, 3.8) is 0 Å². The van der Waals surface area contributed by atoms with Gasteiger partial charge in [-0.05, 0) is 19.4 Å². The molecule has 14 heavy (non-hydrogen) atoms. The fourth-order valence-corrected chi connectivity index (χ4v) is 1.73. The maximum atomic E-state index is 8.34. The number of methoxy groups -OCH3 is 1. The monoisotopic (exact) mass is 201 g/mol. The van der Waals surface area contributed by atoms with Crippen LogP contribution in [0.3, 0.4) is 0 Å². The number of nitrogens with zero attached hydrogens (tertiary/aromatic N) is 2. The summed E-state index contributed by atoms with van der Waals surface area (Å²) >= 11 is 0. The second-order valence-corrected chi connectivity index (χ2v) is 3.64. The summed E-state index contributed by atoms with van der Waals surface area (Å²) in [6.07, 6.45) is 3.09. The first-order valence-electron chi connectivity index (χ1n) is 4.97. The van der Waals surface area contributed by atoms with Crippen molar-refractivity contribution in [1.82, 2.24) is 4.90 Å². The van der Waals surface area contributed by atoms with Crippen molar-refractivity contribution >= 4 is 5.84 Å². The van der Waals surface area contributed by atoms with Crippen molar-refractivity contribution in [2.75, 3.05) is 26.7 Å². The van der Waals surface area contributed by atoms with Crippen LogP contribution in [0.1, 0.15) is 19.3 Å². The molecule has 0 aromatic rings. The number of likely N-dealkylation sites (tertiary alicyclic amines) is 1. The van der Waals surface area contributed by atoms with E-state index < -0.39 is 0 Å². The average Bonchev–Trinajstić information content (AvgIpc) is 2.65. The van der Waals surface area contributed by atoms with Crippen molar-refractivity contribution in [2.45, 2.75) is 25.4 Å². The maximum absolute atomic E-state index is 8.34. The van der Waals surface area contributed by atoms with Gasteiger partial charge in [0.1, 0.15) is 5.84 Å². The molecule has 0 spiro atoms. The van der Waals surface area contributed by atoms with Gasteiger partial charge >= 0.3 is 0 Å². The smallest absolute Gasteiger partial charge is 0.139 e. The van der Waals surface area contributed by atoms with Crippen molar-refractivity contribution in [3.8, 4) is 0 Å². The van der Waals surface area contributed by atoms with E-state index in [0.717, 1.165) is 32.5 Å². The molecule has 5 heteroatoms. The molecule has 0 aromatic carbocycles. The molecule has 82 valence electrons. The summed E-state index contributed by atoms with van der Waals surface area (Å²) in [6, 6.07) is 0. The van der Waals surface area contributed by atoms with E-state index in [-0.39, 0.29) is 0 Å². The largest absolute Gasteiger partial charge is 0.409 e. The minimum absolute atomic E-state index is 0.312. The van der Waals surface area contributed by atoms with Gasteiger partial charge in [0.25, 0.3) is 0 Å². The first-order valence-corrected chi connectivity index (χ1v) is 4.97. The Morgan fingerprint density at radius 2 is 2.50 bits per heavy atom. The first kappa shape index (κ1) is 11.3. The molecule has 0 aromatic heterocycles. The van der Waals surface area contributed by atoms with E-state index in [9.17, 15) is 0 Å². The van der Waals surface area contributed by atoms with E-state index in [1.54, 1.807) is 7.11 Å². The molecule has 3 N–H and O–H groups in total. The molecule has 0 amide bonds. The zero-order chi connectivity index (χ0) is 10.4. The van der Waals surface area contributed by atoms with Crippen LogP contribution in [0.2, 0.25) is 0 Å². The summed E-state index contributed by atoms with van der Waals surface area (Å²) in [6.45, 7) is 3.09. The molecule has 1 saturated heterocycles. The van der Waals surface area contributed by atoms with Crippen LogP contribution < -0.4 is 5.73 Å². The van der Waals surface area contributed by atoms with Gasteiger partial charge in [0.05, 0.1) is 6.10 Å². The number of hydrogen-bond acceptors (Lipinski definition) is 4. The lowest BCUT2D eigenvalue weighted by Gasteiger charge is -2.14. The summed E-state index contributed by atoms with van der Waals surface area (Å²) in [5.74, 6) is 0.312. The Balaban J connectivity index is 2.08. The Morgan fingerprint density at radius 1 is 1.71 bits per heavy atom. The Hall–Kier alpha value is -0.810. The Kier molecular flexibility index (Phi) is 4.69. The molecule has 0 bridgehead atoms. The van der Waals surface area contributed by atoms with Crippen LogP contribution >= 0.6 is 0 Å². The molecule has 1 fully saturated rings. The molecular weight excluding hydrogens is 182 g/mol. The lowest BCUT2D eigenvalue weighted by atomic mass is 10.3. The zero-order valence-electron chi connectivity index (χ0n) is 8.65. The zero-order valence-corrected chi connectivity index (χ0v) is 8.65. The molecule has 1 aliphatic rings. The highest BCUT2D eigenvalue weighted by atomic mass is 16.5. The fraction of sp³-hybridized carbons (Fsp3) is 0.889. The van der Waals surface area contributed by atoms with Crippen LogP contribution in [0.15, 0.2) is 5.16 Å². The number of oxime groups is 1. The summed E-state index contributed by atoms with van der Waals surface area (Å²) in [5.41, 5.74) is 5.37. The third kappa shape index (κ3) is 3.51. The molecule has 0 saturated carbocycles. The average molecular weight is 201 g/mol. The number of rotatable bonds is 5. The van der Waals surface area contributed by atoms with E-state index in [0.29, 0.717) is 18.4 Å². The second-order valence-electron chi connectivity index (χ2n) is 3.64. The SMILES string of the molecule is COC1CCN(CCCC(N)=NO)C1. The lowest BCUT2D eigenvalue weighted by Crippen LogP contribution is -2.25. The van der Waals surface area contributed by atoms with E-state index in [1.165, 1.54) is 0 Å². The minimum atomic E-state index is 0.312. The van der Waals surface area contributed by atoms with Crippen molar-refractivity contribution < 1.29 is 9.94 Å².